The highest BCUT2D eigenvalue weighted by atomic mass is 32.2. The van der Waals surface area contributed by atoms with E-state index in [-0.39, 0.29) is 12.1 Å². The van der Waals surface area contributed by atoms with Gasteiger partial charge in [0, 0.05) is 41.9 Å². The first kappa shape index (κ1) is 14.5. The highest BCUT2D eigenvalue weighted by Crippen LogP contribution is 2.09. The maximum Gasteiger partial charge on any atom is 0.317 e. The molecule has 1 aliphatic rings. The summed E-state index contributed by atoms with van der Waals surface area (Å²) in [6, 6.07) is 0.149. The van der Waals surface area contributed by atoms with Gasteiger partial charge in [-0.3, -0.25) is 4.21 Å². The van der Waals surface area contributed by atoms with E-state index in [0.717, 1.165) is 32.4 Å². The van der Waals surface area contributed by atoms with E-state index in [9.17, 15) is 9.00 Å². The van der Waals surface area contributed by atoms with E-state index in [1.54, 1.807) is 6.26 Å². The molecule has 2 unspecified atom stereocenters. The number of rotatable bonds is 4. The summed E-state index contributed by atoms with van der Waals surface area (Å²) >= 11 is 0. The Balaban J connectivity index is 2.28. The van der Waals surface area contributed by atoms with Crippen LogP contribution in [-0.4, -0.2) is 46.3 Å². The highest BCUT2D eigenvalue weighted by Gasteiger charge is 2.16. The molecule has 2 atom stereocenters. The molecular formula is C12H24N2O2S. The fourth-order valence-corrected chi connectivity index (χ4v) is 2.68. The first-order valence-corrected chi connectivity index (χ1v) is 8.18. The van der Waals surface area contributed by atoms with Crippen LogP contribution >= 0.6 is 0 Å². The summed E-state index contributed by atoms with van der Waals surface area (Å²) in [5.41, 5.74) is 0. The topological polar surface area (TPSA) is 49.4 Å². The van der Waals surface area contributed by atoms with Crippen molar-refractivity contribution >= 4 is 16.8 Å². The first-order valence-electron chi connectivity index (χ1n) is 6.45. The molecule has 1 N–H and O–H groups in total. The van der Waals surface area contributed by atoms with Crippen LogP contribution in [0.1, 0.15) is 39.0 Å². The fourth-order valence-electron chi connectivity index (χ4n) is 1.99. The minimum Gasteiger partial charge on any atom is -0.336 e. The Hall–Kier alpha value is -0.580. The average Bonchev–Trinajstić information content (AvgIpc) is 2.54. The van der Waals surface area contributed by atoms with Crippen LogP contribution < -0.4 is 5.32 Å². The minimum absolute atomic E-state index is 0.0429. The zero-order chi connectivity index (χ0) is 12.7. The van der Waals surface area contributed by atoms with Crippen LogP contribution in [-0.2, 0) is 10.8 Å². The van der Waals surface area contributed by atoms with Gasteiger partial charge in [0.25, 0.3) is 0 Å². The summed E-state index contributed by atoms with van der Waals surface area (Å²) in [4.78, 5) is 13.9. The van der Waals surface area contributed by atoms with Crippen molar-refractivity contribution in [2.24, 2.45) is 0 Å². The predicted octanol–water partition coefficient (Wildman–Crippen LogP) is 1.73. The largest absolute Gasteiger partial charge is 0.336 e. The monoisotopic (exact) mass is 260 g/mol. The Bertz CT molecular complexity index is 263. The van der Waals surface area contributed by atoms with E-state index in [4.69, 9.17) is 0 Å². The van der Waals surface area contributed by atoms with Crippen LogP contribution in [0, 0.1) is 0 Å². The molecule has 0 spiro atoms. The Kier molecular flexibility index (Phi) is 6.55. The van der Waals surface area contributed by atoms with Crippen LogP contribution in [0.15, 0.2) is 0 Å². The number of amides is 2. The van der Waals surface area contributed by atoms with Crippen molar-refractivity contribution in [3.63, 3.8) is 0 Å². The van der Waals surface area contributed by atoms with Crippen LogP contribution in [0.4, 0.5) is 4.79 Å². The van der Waals surface area contributed by atoms with Crippen LogP contribution in [0.5, 0.6) is 0 Å². The number of carbonyl (C=O) groups is 1. The Morgan fingerprint density at radius 1 is 1.29 bits per heavy atom. The standard InChI is InChI=1S/C12H24N2O2S/c1-11(7-10-17(2)16)13-12(15)14-8-5-3-4-6-9-14/h11H,3-10H2,1-2H3,(H,13,15). The van der Waals surface area contributed by atoms with E-state index in [2.05, 4.69) is 5.32 Å². The van der Waals surface area contributed by atoms with Gasteiger partial charge in [-0.25, -0.2) is 4.79 Å². The van der Waals surface area contributed by atoms with Gasteiger partial charge in [-0.2, -0.15) is 0 Å². The first-order chi connectivity index (χ1) is 8.09. The molecule has 1 heterocycles. The third-order valence-electron chi connectivity index (χ3n) is 3.10. The van der Waals surface area contributed by atoms with Gasteiger partial charge in [-0.15, -0.1) is 0 Å². The number of likely N-dealkylation sites (tertiary alicyclic amines) is 1. The fraction of sp³-hybridized carbons (Fsp3) is 0.917. The quantitative estimate of drug-likeness (QED) is 0.837. The zero-order valence-electron chi connectivity index (χ0n) is 10.9. The molecule has 0 aromatic heterocycles. The van der Waals surface area contributed by atoms with Gasteiger partial charge in [0.05, 0.1) is 0 Å². The molecule has 1 fully saturated rings. The Morgan fingerprint density at radius 3 is 2.41 bits per heavy atom. The second kappa shape index (κ2) is 7.69. The van der Waals surface area contributed by atoms with Crippen molar-refractivity contribution in [2.75, 3.05) is 25.1 Å². The molecule has 0 bridgehead atoms. The van der Waals surface area contributed by atoms with E-state index >= 15 is 0 Å². The van der Waals surface area contributed by atoms with Crippen molar-refractivity contribution < 1.29 is 9.00 Å². The summed E-state index contributed by atoms with van der Waals surface area (Å²) in [5, 5.41) is 2.99. The summed E-state index contributed by atoms with van der Waals surface area (Å²) in [5.74, 6) is 0.654. The van der Waals surface area contributed by atoms with Crippen LogP contribution in [0.25, 0.3) is 0 Å². The van der Waals surface area contributed by atoms with Crippen molar-refractivity contribution in [1.29, 1.82) is 0 Å². The second-order valence-electron chi connectivity index (χ2n) is 4.82. The molecule has 0 aromatic carbocycles. The Labute approximate surface area is 107 Å². The lowest BCUT2D eigenvalue weighted by Gasteiger charge is -2.23. The molecule has 5 heteroatoms. The lowest BCUT2D eigenvalue weighted by molar-refractivity contribution is 0.196. The molecule has 17 heavy (non-hydrogen) atoms. The van der Waals surface area contributed by atoms with E-state index in [1.807, 2.05) is 11.8 Å². The van der Waals surface area contributed by atoms with E-state index in [1.165, 1.54) is 12.8 Å². The third kappa shape index (κ3) is 6.05. The normalized spacial score (nSPS) is 20.5. The van der Waals surface area contributed by atoms with Gasteiger partial charge < -0.3 is 10.2 Å². The zero-order valence-corrected chi connectivity index (χ0v) is 11.7. The van der Waals surface area contributed by atoms with Crippen molar-refractivity contribution in [3.05, 3.63) is 0 Å². The molecule has 1 rings (SSSR count). The van der Waals surface area contributed by atoms with Crippen LogP contribution in [0.2, 0.25) is 0 Å². The third-order valence-corrected chi connectivity index (χ3v) is 3.91. The summed E-state index contributed by atoms with van der Waals surface area (Å²) < 4.78 is 11.0. The molecule has 0 saturated carbocycles. The molecule has 100 valence electrons. The number of nitrogens with one attached hydrogen (secondary N) is 1. The molecule has 0 aromatic rings. The lowest BCUT2D eigenvalue weighted by Crippen LogP contribution is -2.44. The van der Waals surface area contributed by atoms with Gasteiger partial charge >= 0.3 is 6.03 Å². The van der Waals surface area contributed by atoms with Crippen LogP contribution in [0.3, 0.4) is 0 Å². The highest BCUT2D eigenvalue weighted by molar-refractivity contribution is 7.84. The molecule has 0 radical (unpaired) electrons. The molecule has 0 aliphatic carbocycles. The number of hydrogen-bond acceptors (Lipinski definition) is 2. The maximum atomic E-state index is 11.9. The van der Waals surface area contributed by atoms with Gasteiger partial charge in [-0.1, -0.05) is 12.8 Å². The lowest BCUT2D eigenvalue weighted by atomic mass is 10.2. The summed E-state index contributed by atoms with van der Waals surface area (Å²) in [6.45, 7) is 3.72. The molecule has 4 nitrogen and oxygen atoms in total. The van der Waals surface area contributed by atoms with Gasteiger partial charge in [0.15, 0.2) is 0 Å². The number of urea groups is 1. The van der Waals surface area contributed by atoms with Gasteiger partial charge in [-0.05, 0) is 26.2 Å². The second-order valence-corrected chi connectivity index (χ2v) is 6.37. The SMILES string of the molecule is CC(CCS(C)=O)NC(=O)N1CCCCCC1. The number of hydrogen-bond donors (Lipinski definition) is 1. The van der Waals surface area contributed by atoms with Gasteiger partial charge in [0.1, 0.15) is 0 Å². The van der Waals surface area contributed by atoms with E-state index < -0.39 is 10.8 Å². The van der Waals surface area contributed by atoms with Crippen molar-refractivity contribution in [2.45, 2.75) is 45.1 Å². The summed E-state index contributed by atoms with van der Waals surface area (Å²) in [7, 11) is -0.773. The molecule has 2 amide bonds. The molecule has 1 saturated heterocycles. The van der Waals surface area contributed by atoms with Crippen molar-refractivity contribution in [3.8, 4) is 0 Å². The van der Waals surface area contributed by atoms with E-state index in [0.29, 0.717) is 5.75 Å². The maximum absolute atomic E-state index is 11.9. The number of carbonyl (C=O) groups excluding carboxylic acids is 1. The molecular weight excluding hydrogens is 236 g/mol. The molecule has 1 aliphatic heterocycles. The average molecular weight is 260 g/mol. The van der Waals surface area contributed by atoms with Crippen molar-refractivity contribution in [1.82, 2.24) is 10.2 Å². The Morgan fingerprint density at radius 2 is 1.88 bits per heavy atom. The number of nitrogens with zero attached hydrogens (tertiary/aromatic N) is 1. The van der Waals surface area contributed by atoms with Gasteiger partial charge in [0.2, 0.25) is 0 Å². The minimum atomic E-state index is -0.773. The summed E-state index contributed by atoms with van der Waals surface area (Å²) in [6.07, 6.45) is 7.16. The smallest absolute Gasteiger partial charge is 0.317 e. The predicted molar refractivity (Wildman–Crippen MR) is 71.6 cm³/mol.